The number of sulfonamides is 1. The highest BCUT2D eigenvalue weighted by atomic mass is 32.2. The van der Waals surface area contributed by atoms with E-state index in [1.807, 2.05) is 13.8 Å². The van der Waals surface area contributed by atoms with Gasteiger partial charge in [0.2, 0.25) is 10.0 Å². The number of piperidine rings is 1. The maximum atomic E-state index is 11.5. The molecule has 2 N–H and O–H groups in total. The lowest BCUT2D eigenvalue weighted by molar-refractivity contribution is -0.0236. The molecule has 0 amide bonds. The van der Waals surface area contributed by atoms with E-state index in [-0.39, 0.29) is 11.8 Å². The molecule has 3 unspecified atom stereocenters. The van der Waals surface area contributed by atoms with Gasteiger partial charge in [-0.25, -0.2) is 12.7 Å². The van der Waals surface area contributed by atoms with E-state index in [1.54, 1.807) is 0 Å². The number of nitrogens with zero attached hydrogens (tertiary/aromatic N) is 1. The predicted octanol–water partition coefficient (Wildman–Crippen LogP) is 0.426. The molecule has 108 valence electrons. The van der Waals surface area contributed by atoms with E-state index in [1.165, 1.54) is 10.6 Å². The van der Waals surface area contributed by atoms with Crippen LogP contribution < -0.4 is 0 Å². The van der Waals surface area contributed by atoms with Crippen LogP contribution >= 0.6 is 0 Å². The fraction of sp³-hybridized carbons (Fsp3) is 1.00. The van der Waals surface area contributed by atoms with E-state index in [0.29, 0.717) is 19.5 Å². The molecule has 1 saturated heterocycles. The Kier molecular flexibility index (Phi) is 5.58. The first kappa shape index (κ1) is 15.9. The molecular weight excluding hydrogens is 254 g/mol. The molecule has 0 bridgehead atoms. The summed E-state index contributed by atoms with van der Waals surface area (Å²) >= 11 is 0. The molecule has 5 nitrogen and oxygen atoms in total. The predicted molar refractivity (Wildman–Crippen MR) is 70.6 cm³/mol. The fourth-order valence-corrected chi connectivity index (χ4v) is 3.39. The molecular formula is C12H25NO4S. The third-order valence-corrected chi connectivity index (χ3v) is 4.87. The SMILES string of the molecule is CC(C)C(O)C(O)CC1CCCN(S(C)(=O)=O)C1. The Morgan fingerprint density at radius 3 is 2.44 bits per heavy atom. The monoisotopic (exact) mass is 279 g/mol. The normalized spacial score (nSPS) is 26.2. The number of hydrogen-bond acceptors (Lipinski definition) is 4. The summed E-state index contributed by atoms with van der Waals surface area (Å²) in [7, 11) is -3.14. The first-order chi connectivity index (χ1) is 8.21. The molecule has 0 aromatic heterocycles. The van der Waals surface area contributed by atoms with Crippen molar-refractivity contribution >= 4 is 10.0 Å². The summed E-state index contributed by atoms with van der Waals surface area (Å²) in [6.45, 7) is 4.74. The average Bonchev–Trinajstić information content (AvgIpc) is 2.27. The van der Waals surface area contributed by atoms with Gasteiger partial charge in [0.25, 0.3) is 0 Å². The van der Waals surface area contributed by atoms with Crippen LogP contribution in [0.4, 0.5) is 0 Å². The van der Waals surface area contributed by atoms with Gasteiger partial charge < -0.3 is 10.2 Å². The number of rotatable bonds is 5. The Bertz CT molecular complexity index is 355. The molecule has 6 heteroatoms. The standard InChI is InChI=1S/C12H25NO4S/c1-9(2)12(15)11(14)7-10-5-4-6-13(8-10)18(3,16)17/h9-12,14-15H,4-8H2,1-3H3. The highest BCUT2D eigenvalue weighted by Gasteiger charge is 2.29. The van der Waals surface area contributed by atoms with E-state index >= 15 is 0 Å². The van der Waals surface area contributed by atoms with Gasteiger partial charge >= 0.3 is 0 Å². The van der Waals surface area contributed by atoms with Gasteiger partial charge in [-0.15, -0.1) is 0 Å². The summed E-state index contributed by atoms with van der Waals surface area (Å²) in [5.41, 5.74) is 0. The maximum Gasteiger partial charge on any atom is 0.211 e. The number of aliphatic hydroxyl groups excluding tert-OH is 2. The summed E-state index contributed by atoms with van der Waals surface area (Å²) in [6, 6.07) is 0. The molecule has 1 aliphatic rings. The van der Waals surface area contributed by atoms with Crippen molar-refractivity contribution in [2.24, 2.45) is 11.8 Å². The van der Waals surface area contributed by atoms with Crippen molar-refractivity contribution < 1.29 is 18.6 Å². The quantitative estimate of drug-likeness (QED) is 0.765. The van der Waals surface area contributed by atoms with E-state index < -0.39 is 22.2 Å². The Morgan fingerprint density at radius 1 is 1.33 bits per heavy atom. The summed E-state index contributed by atoms with van der Waals surface area (Å²) in [5.74, 6) is 0.145. The minimum Gasteiger partial charge on any atom is -0.390 e. The zero-order valence-electron chi connectivity index (χ0n) is 11.4. The number of aliphatic hydroxyl groups is 2. The largest absolute Gasteiger partial charge is 0.390 e. The van der Waals surface area contributed by atoms with Crippen molar-refractivity contribution in [3.63, 3.8) is 0 Å². The zero-order valence-corrected chi connectivity index (χ0v) is 12.2. The van der Waals surface area contributed by atoms with Crippen LogP contribution in [0.2, 0.25) is 0 Å². The van der Waals surface area contributed by atoms with Gasteiger partial charge in [0.05, 0.1) is 18.5 Å². The minimum atomic E-state index is -3.14. The van der Waals surface area contributed by atoms with Crippen LogP contribution in [0.5, 0.6) is 0 Å². The summed E-state index contributed by atoms with van der Waals surface area (Å²) in [6.07, 6.45) is 1.91. The van der Waals surface area contributed by atoms with E-state index in [4.69, 9.17) is 0 Å². The molecule has 1 aliphatic heterocycles. The lowest BCUT2D eigenvalue weighted by atomic mass is 9.89. The molecule has 0 spiro atoms. The van der Waals surface area contributed by atoms with Crippen LogP contribution in [0, 0.1) is 11.8 Å². The van der Waals surface area contributed by atoms with Gasteiger partial charge in [0.1, 0.15) is 0 Å². The minimum absolute atomic E-state index is 0.00889. The van der Waals surface area contributed by atoms with Gasteiger partial charge in [-0.05, 0) is 31.1 Å². The average molecular weight is 279 g/mol. The van der Waals surface area contributed by atoms with E-state index in [0.717, 1.165) is 12.8 Å². The van der Waals surface area contributed by atoms with E-state index in [2.05, 4.69) is 0 Å². The second-order valence-electron chi connectivity index (χ2n) is 5.67. The topological polar surface area (TPSA) is 77.8 Å². The summed E-state index contributed by atoms with van der Waals surface area (Å²) in [4.78, 5) is 0. The third kappa shape index (κ3) is 4.50. The lowest BCUT2D eigenvalue weighted by Gasteiger charge is -2.33. The zero-order chi connectivity index (χ0) is 13.9. The first-order valence-electron chi connectivity index (χ1n) is 6.53. The van der Waals surface area contributed by atoms with Crippen LogP contribution in [0.15, 0.2) is 0 Å². The maximum absolute atomic E-state index is 11.5. The highest BCUT2D eigenvalue weighted by molar-refractivity contribution is 7.88. The molecule has 0 aromatic carbocycles. The third-order valence-electron chi connectivity index (χ3n) is 3.60. The van der Waals surface area contributed by atoms with Crippen LogP contribution in [-0.2, 0) is 10.0 Å². The van der Waals surface area contributed by atoms with Crippen molar-refractivity contribution in [2.75, 3.05) is 19.3 Å². The number of hydrogen-bond donors (Lipinski definition) is 2. The molecule has 0 radical (unpaired) electrons. The Balaban J connectivity index is 2.53. The summed E-state index contributed by atoms with van der Waals surface area (Å²) in [5, 5.41) is 19.7. The van der Waals surface area contributed by atoms with Gasteiger partial charge in [-0.2, -0.15) is 0 Å². The Hall–Kier alpha value is -0.170. The van der Waals surface area contributed by atoms with Crippen LogP contribution in [0.3, 0.4) is 0 Å². The molecule has 1 heterocycles. The summed E-state index contributed by atoms with van der Waals surface area (Å²) < 4.78 is 24.4. The van der Waals surface area contributed by atoms with Crippen molar-refractivity contribution in [3.8, 4) is 0 Å². The first-order valence-corrected chi connectivity index (χ1v) is 8.38. The second-order valence-corrected chi connectivity index (χ2v) is 7.65. The van der Waals surface area contributed by atoms with Gasteiger partial charge in [0, 0.05) is 13.1 Å². The molecule has 1 rings (SSSR count). The fourth-order valence-electron chi connectivity index (χ4n) is 2.45. The van der Waals surface area contributed by atoms with Crippen molar-refractivity contribution in [3.05, 3.63) is 0 Å². The molecule has 0 aromatic rings. The lowest BCUT2D eigenvalue weighted by Crippen LogP contribution is -2.42. The molecule has 18 heavy (non-hydrogen) atoms. The smallest absolute Gasteiger partial charge is 0.211 e. The Labute approximate surface area is 110 Å². The van der Waals surface area contributed by atoms with Crippen LogP contribution in [0.1, 0.15) is 33.1 Å². The second kappa shape index (κ2) is 6.32. The van der Waals surface area contributed by atoms with Gasteiger partial charge in [0.15, 0.2) is 0 Å². The Morgan fingerprint density at radius 2 is 1.94 bits per heavy atom. The van der Waals surface area contributed by atoms with E-state index in [9.17, 15) is 18.6 Å². The van der Waals surface area contributed by atoms with Crippen LogP contribution in [0.25, 0.3) is 0 Å². The van der Waals surface area contributed by atoms with Crippen LogP contribution in [-0.4, -0.2) is 54.5 Å². The van der Waals surface area contributed by atoms with Crippen molar-refractivity contribution in [1.82, 2.24) is 4.31 Å². The van der Waals surface area contributed by atoms with Gasteiger partial charge in [-0.1, -0.05) is 13.8 Å². The molecule has 1 fully saturated rings. The molecule has 0 aliphatic carbocycles. The molecule has 3 atom stereocenters. The van der Waals surface area contributed by atoms with Crippen molar-refractivity contribution in [1.29, 1.82) is 0 Å². The highest BCUT2D eigenvalue weighted by Crippen LogP contribution is 2.24. The van der Waals surface area contributed by atoms with Crippen molar-refractivity contribution in [2.45, 2.75) is 45.3 Å². The molecule has 0 saturated carbocycles. The van der Waals surface area contributed by atoms with Gasteiger partial charge in [-0.3, -0.25) is 0 Å².